The van der Waals surface area contributed by atoms with E-state index in [0.717, 1.165) is 27.8 Å². The minimum absolute atomic E-state index is 0.112. The smallest absolute Gasteiger partial charge is 0.231 e. The summed E-state index contributed by atoms with van der Waals surface area (Å²) < 4.78 is 0. The Hall–Kier alpha value is -1.59. The van der Waals surface area contributed by atoms with Gasteiger partial charge in [0.05, 0.1) is 13.0 Å². The van der Waals surface area contributed by atoms with Crippen LogP contribution in [0.2, 0.25) is 5.02 Å². The van der Waals surface area contributed by atoms with Crippen molar-refractivity contribution in [2.45, 2.75) is 19.9 Å². The summed E-state index contributed by atoms with van der Waals surface area (Å²) in [5.41, 5.74) is 1.96. The molecule has 2 aromatic rings. The number of hydrogen-bond acceptors (Lipinski definition) is 4. The quantitative estimate of drug-likeness (QED) is 0.942. The molecule has 1 aliphatic heterocycles. The second-order valence-corrected chi connectivity index (χ2v) is 6.14. The molecule has 1 N–H and O–H groups in total. The van der Waals surface area contributed by atoms with Crippen molar-refractivity contribution in [3.8, 4) is 0 Å². The molecule has 1 aromatic carbocycles. The molecule has 6 heteroatoms. The molecule has 0 radical (unpaired) electrons. The number of carbonyl (C=O) groups excluding carboxylic acids is 1. The molecule has 2 heterocycles. The van der Waals surface area contributed by atoms with Gasteiger partial charge in [0, 0.05) is 28.3 Å². The molecule has 0 aliphatic carbocycles. The average molecular weight is 308 g/mol. The molecule has 0 atom stereocenters. The van der Waals surface area contributed by atoms with Crippen LogP contribution in [-0.2, 0) is 17.8 Å². The highest BCUT2D eigenvalue weighted by Gasteiger charge is 2.27. The van der Waals surface area contributed by atoms with Crippen molar-refractivity contribution in [2.24, 2.45) is 0 Å². The van der Waals surface area contributed by atoms with E-state index in [9.17, 15) is 4.79 Å². The first-order chi connectivity index (χ1) is 9.67. The molecular formula is C14H14ClN3OS. The number of anilines is 2. The van der Waals surface area contributed by atoms with Crippen molar-refractivity contribution in [1.29, 1.82) is 0 Å². The van der Waals surface area contributed by atoms with E-state index in [2.05, 4.69) is 10.3 Å². The molecule has 0 spiro atoms. The highest BCUT2D eigenvalue weighted by Crippen LogP contribution is 2.33. The lowest BCUT2D eigenvalue weighted by Crippen LogP contribution is -2.25. The Labute approximate surface area is 126 Å². The highest BCUT2D eigenvalue weighted by molar-refractivity contribution is 7.15. The third kappa shape index (κ3) is 2.51. The van der Waals surface area contributed by atoms with E-state index in [-0.39, 0.29) is 5.91 Å². The van der Waals surface area contributed by atoms with Gasteiger partial charge < -0.3 is 10.2 Å². The second kappa shape index (κ2) is 5.42. The summed E-state index contributed by atoms with van der Waals surface area (Å²) in [6.45, 7) is 3.42. The average Bonchev–Trinajstić information content (AvgIpc) is 2.97. The van der Waals surface area contributed by atoms with Crippen LogP contribution in [0.5, 0.6) is 0 Å². The van der Waals surface area contributed by atoms with Crippen LogP contribution in [0.25, 0.3) is 0 Å². The molecule has 4 nitrogen and oxygen atoms in total. The minimum atomic E-state index is 0.112. The number of aromatic nitrogens is 1. The maximum Gasteiger partial charge on any atom is 0.231 e. The summed E-state index contributed by atoms with van der Waals surface area (Å²) >= 11 is 7.60. The fraction of sp³-hybridized carbons (Fsp3) is 0.286. The fourth-order valence-corrected chi connectivity index (χ4v) is 3.31. The molecule has 0 saturated carbocycles. The number of thiazole rings is 1. The number of benzene rings is 1. The topological polar surface area (TPSA) is 45.2 Å². The Morgan fingerprint density at radius 3 is 3.15 bits per heavy atom. The zero-order valence-corrected chi connectivity index (χ0v) is 12.6. The number of rotatable bonds is 4. The number of nitrogens with zero attached hydrogens (tertiary/aromatic N) is 2. The summed E-state index contributed by atoms with van der Waals surface area (Å²) in [6, 6.07) is 5.60. The third-order valence-corrected chi connectivity index (χ3v) is 4.35. The molecule has 1 aliphatic rings. The Balaban J connectivity index is 1.83. The summed E-state index contributed by atoms with van der Waals surface area (Å²) in [5, 5.41) is 4.72. The second-order valence-electron chi connectivity index (χ2n) is 4.59. The predicted octanol–water partition coefficient (Wildman–Crippen LogP) is 3.32. The molecule has 0 fully saturated rings. The van der Waals surface area contributed by atoms with E-state index >= 15 is 0 Å². The lowest BCUT2D eigenvalue weighted by atomic mass is 10.2. The SMILES string of the molecule is CCNc1ncc(CN2C(=O)Cc3ccc(Cl)cc32)s1. The van der Waals surface area contributed by atoms with Crippen molar-refractivity contribution >= 4 is 39.7 Å². The van der Waals surface area contributed by atoms with Gasteiger partial charge in [-0.25, -0.2) is 4.98 Å². The van der Waals surface area contributed by atoms with E-state index in [1.165, 1.54) is 0 Å². The summed E-state index contributed by atoms with van der Waals surface area (Å²) in [6.07, 6.45) is 2.27. The van der Waals surface area contributed by atoms with E-state index in [0.29, 0.717) is 18.0 Å². The normalized spacial score (nSPS) is 13.7. The summed E-state index contributed by atoms with van der Waals surface area (Å²) in [4.78, 5) is 19.3. The Morgan fingerprint density at radius 2 is 2.35 bits per heavy atom. The van der Waals surface area contributed by atoms with Gasteiger partial charge in [-0.3, -0.25) is 4.79 Å². The van der Waals surface area contributed by atoms with Crippen LogP contribution in [0, 0.1) is 0 Å². The Bertz CT molecular complexity index is 656. The zero-order valence-electron chi connectivity index (χ0n) is 11.0. The molecule has 0 bridgehead atoms. The molecule has 20 heavy (non-hydrogen) atoms. The van der Waals surface area contributed by atoms with Crippen molar-refractivity contribution in [3.05, 3.63) is 39.9 Å². The van der Waals surface area contributed by atoms with Gasteiger partial charge in [0.1, 0.15) is 0 Å². The molecule has 1 amide bonds. The lowest BCUT2D eigenvalue weighted by Gasteiger charge is -2.16. The third-order valence-electron chi connectivity index (χ3n) is 3.18. The Kier molecular flexibility index (Phi) is 3.63. The fourth-order valence-electron chi connectivity index (χ4n) is 2.27. The van der Waals surface area contributed by atoms with E-state index in [1.54, 1.807) is 16.2 Å². The number of carbonyl (C=O) groups is 1. The van der Waals surface area contributed by atoms with Crippen molar-refractivity contribution in [2.75, 3.05) is 16.8 Å². The molecule has 1 aromatic heterocycles. The van der Waals surface area contributed by atoms with Gasteiger partial charge in [-0.2, -0.15) is 0 Å². The van der Waals surface area contributed by atoms with Gasteiger partial charge in [0.15, 0.2) is 5.13 Å². The number of nitrogens with one attached hydrogen (secondary N) is 1. The minimum Gasteiger partial charge on any atom is -0.362 e. The predicted molar refractivity (Wildman–Crippen MR) is 82.6 cm³/mol. The van der Waals surface area contributed by atoms with Gasteiger partial charge in [-0.1, -0.05) is 17.7 Å². The van der Waals surface area contributed by atoms with Gasteiger partial charge in [0.2, 0.25) is 5.91 Å². The van der Waals surface area contributed by atoms with Crippen LogP contribution >= 0.6 is 22.9 Å². The van der Waals surface area contributed by atoms with E-state index in [4.69, 9.17) is 11.6 Å². The van der Waals surface area contributed by atoms with Crippen LogP contribution in [0.4, 0.5) is 10.8 Å². The van der Waals surface area contributed by atoms with Crippen molar-refractivity contribution < 1.29 is 4.79 Å². The van der Waals surface area contributed by atoms with Crippen LogP contribution in [0.1, 0.15) is 17.4 Å². The first kappa shape index (κ1) is 13.4. The maximum atomic E-state index is 12.1. The molecular weight excluding hydrogens is 294 g/mol. The number of amides is 1. The Morgan fingerprint density at radius 1 is 1.50 bits per heavy atom. The lowest BCUT2D eigenvalue weighted by molar-refractivity contribution is -0.117. The van der Waals surface area contributed by atoms with Crippen LogP contribution in [0.15, 0.2) is 24.4 Å². The first-order valence-electron chi connectivity index (χ1n) is 6.44. The molecule has 3 rings (SSSR count). The summed E-state index contributed by atoms with van der Waals surface area (Å²) in [7, 11) is 0. The molecule has 104 valence electrons. The van der Waals surface area contributed by atoms with Crippen LogP contribution < -0.4 is 10.2 Å². The highest BCUT2D eigenvalue weighted by atomic mass is 35.5. The van der Waals surface area contributed by atoms with Crippen molar-refractivity contribution in [1.82, 2.24) is 4.98 Å². The van der Waals surface area contributed by atoms with E-state index in [1.807, 2.05) is 31.3 Å². The van der Waals surface area contributed by atoms with E-state index < -0.39 is 0 Å². The summed E-state index contributed by atoms with van der Waals surface area (Å²) in [5.74, 6) is 0.112. The van der Waals surface area contributed by atoms with Gasteiger partial charge in [-0.05, 0) is 24.6 Å². The molecule has 0 saturated heterocycles. The zero-order chi connectivity index (χ0) is 14.1. The van der Waals surface area contributed by atoms with Crippen LogP contribution in [0.3, 0.4) is 0 Å². The standard InChI is InChI=1S/C14H14ClN3OS/c1-2-16-14-17-7-11(20-14)8-18-12-6-10(15)4-3-9(12)5-13(18)19/h3-4,6-7H,2,5,8H2,1H3,(H,16,17). The number of fused-ring (bicyclic) bond motifs is 1. The number of halogens is 1. The van der Waals surface area contributed by atoms with Gasteiger partial charge in [-0.15, -0.1) is 11.3 Å². The van der Waals surface area contributed by atoms with Gasteiger partial charge in [0.25, 0.3) is 0 Å². The monoisotopic (exact) mass is 307 g/mol. The maximum absolute atomic E-state index is 12.1. The van der Waals surface area contributed by atoms with Gasteiger partial charge >= 0.3 is 0 Å². The molecule has 0 unspecified atom stereocenters. The van der Waals surface area contributed by atoms with Crippen molar-refractivity contribution in [3.63, 3.8) is 0 Å². The largest absolute Gasteiger partial charge is 0.362 e. The number of hydrogen-bond donors (Lipinski definition) is 1. The van der Waals surface area contributed by atoms with Crippen LogP contribution in [-0.4, -0.2) is 17.4 Å². The first-order valence-corrected chi connectivity index (χ1v) is 7.64.